The smallest absolute Gasteiger partial charge is 0.333 e. The highest BCUT2D eigenvalue weighted by Gasteiger charge is 2.01. The molecular formula is C15H28O2S. The molecule has 0 aromatic heterocycles. The number of hydrogen-bond donors (Lipinski definition) is 0. The summed E-state index contributed by atoms with van der Waals surface area (Å²) in [5, 5.41) is 0. The Balaban J connectivity index is 3.07. The molecule has 0 unspecified atom stereocenters. The van der Waals surface area contributed by atoms with Gasteiger partial charge >= 0.3 is 5.97 Å². The molecule has 0 aliphatic carbocycles. The summed E-state index contributed by atoms with van der Waals surface area (Å²) in [4.78, 5) is 11.1. The molecule has 0 saturated heterocycles. The molecular weight excluding hydrogens is 244 g/mol. The van der Waals surface area contributed by atoms with Crippen LogP contribution in [0.5, 0.6) is 0 Å². The molecule has 3 heteroatoms. The third-order valence-corrected chi connectivity index (χ3v) is 3.81. The molecule has 0 atom stereocenters. The molecule has 0 radical (unpaired) electrons. The minimum Gasteiger partial charge on any atom is -0.462 e. The maximum atomic E-state index is 11.1. The van der Waals surface area contributed by atoms with Gasteiger partial charge in [-0.2, -0.15) is 11.8 Å². The SMILES string of the molecule is C=C(C)C(=O)OCCCCSCCCCCCC. The Morgan fingerprint density at radius 2 is 1.67 bits per heavy atom. The lowest BCUT2D eigenvalue weighted by Gasteiger charge is -2.04. The van der Waals surface area contributed by atoms with Crippen LogP contribution in [0.15, 0.2) is 12.2 Å². The number of esters is 1. The number of carbonyl (C=O) groups is 1. The van der Waals surface area contributed by atoms with Crippen molar-refractivity contribution in [1.82, 2.24) is 0 Å². The van der Waals surface area contributed by atoms with E-state index in [0.29, 0.717) is 12.2 Å². The van der Waals surface area contributed by atoms with Gasteiger partial charge in [0, 0.05) is 5.57 Å². The zero-order valence-electron chi connectivity index (χ0n) is 12.0. The summed E-state index contributed by atoms with van der Waals surface area (Å²) in [6.45, 7) is 8.00. The van der Waals surface area contributed by atoms with Crippen molar-refractivity contribution < 1.29 is 9.53 Å². The second-order valence-electron chi connectivity index (χ2n) is 4.65. The van der Waals surface area contributed by atoms with Gasteiger partial charge in [-0.05, 0) is 37.7 Å². The summed E-state index contributed by atoms with van der Waals surface area (Å²) in [6.07, 6.45) is 8.88. The van der Waals surface area contributed by atoms with Crippen molar-refractivity contribution >= 4 is 17.7 Å². The molecule has 0 bridgehead atoms. The standard InChI is InChI=1S/C15H28O2S/c1-4-5-6-7-9-12-18-13-10-8-11-17-15(16)14(2)3/h2,4-13H2,1,3H3. The van der Waals surface area contributed by atoms with E-state index < -0.39 is 0 Å². The summed E-state index contributed by atoms with van der Waals surface area (Å²) in [7, 11) is 0. The largest absolute Gasteiger partial charge is 0.462 e. The fraction of sp³-hybridized carbons (Fsp3) is 0.800. The van der Waals surface area contributed by atoms with E-state index in [4.69, 9.17) is 4.74 Å². The van der Waals surface area contributed by atoms with Gasteiger partial charge in [0.25, 0.3) is 0 Å². The number of rotatable bonds is 12. The van der Waals surface area contributed by atoms with E-state index in [-0.39, 0.29) is 5.97 Å². The average Bonchev–Trinajstić information content (AvgIpc) is 2.35. The Labute approximate surface area is 117 Å². The third kappa shape index (κ3) is 12.0. The first-order valence-corrected chi connectivity index (χ1v) is 8.24. The van der Waals surface area contributed by atoms with Crippen LogP contribution in [0, 0.1) is 0 Å². The molecule has 0 aromatic rings. The van der Waals surface area contributed by atoms with E-state index in [2.05, 4.69) is 13.5 Å². The highest BCUT2D eigenvalue weighted by Crippen LogP contribution is 2.10. The van der Waals surface area contributed by atoms with Crippen LogP contribution in [0.1, 0.15) is 58.8 Å². The van der Waals surface area contributed by atoms with Crippen LogP contribution in [0.25, 0.3) is 0 Å². The molecule has 0 aromatic carbocycles. The molecule has 0 aliphatic heterocycles. The lowest BCUT2D eigenvalue weighted by Crippen LogP contribution is -2.06. The van der Waals surface area contributed by atoms with E-state index in [9.17, 15) is 4.79 Å². The van der Waals surface area contributed by atoms with E-state index in [1.807, 2.05) is 11.8 Å². The van der Waals surface area contributed by atoms with Crippen LogP contribution in [-0.2, 0) is 9.53 Å². The Hall–Kier alpha value is -0.440. The Bertz CT molecular complexity index is 227. The van der Waals surface area contributed by atoms with Gasteiger partial charge < -0.3 is 4.74 Å². The van der Waals surface area contributed by atoms with Crippen LogP contribution in [0.4, 0.5) is 0 Å². The minimum atomic E-state index is -0.265. The fourth-order valence-corrected chi connectivity index (χ4v) is 2.52. The van der Waals surface area contributed by atoms with Gasteiger partial charge in [-0.15, -0.1) is 0 Å². The average molecular weight is 272 g/mol. The number of thioether (sulfide) groups is 1. The van der Waals surface area contributed by atoms with Crippen molar-refractivity contribution in [1.29, 1.82) is 0 Å². The predicted octanol–water partition coefficient (Wildman–Crippen LogP) is 4.59. The minimum absolute atomic E-state index is 0.265. The quantitative estimate of drug-likeness (QED) is 0.295. The number of ether oxygens (including phenoxy) is 1. The van der Waals surface area contributed by atoms with E-state index >= 15 is 0 Å². The van der Waals surface area contributed by atoms with Gasteiger partial charge in [0.1, 0.15) is 0 Å². The molecule has 0 N–H and O–H groups in total. The van der Waals surface area contributed by atoms with E-state index in [0.717, 1.165) is 12.8 Å². The Morgan fingerprint density at radius 3 is 2.28 bits per heavy atom. The van der Waals surface area contributed by atoms with Gasteiger partial charge in [-0.25, -0.2) is 4.79 Å². The second kappa shape index (κ2) is 13.0. The summed E-state index contributed by atoms with van der Waals surface area (Å²) in [5.41, 5.74) is 0.483. The molecule has 0 heterocycles. The van der Waals surface area contributed by atoms with Crippen molar-refractivity contribution in [2.24, 2.45) is 0 Å². The van der Waals surface area contributed by atoms with Crippen LogP contribution in [0.2, 0.25) is 0 Å². The van der Waals surface area contributed by atoms with Gasteiger partial charge in [-0.1, -0.05) is 39.2 Å². The van der Waals surface area contributed by atoms with Crippen molar-refractivity contribution in [2.75, 3.05) is 18.1 Å². The highest BCUT2D eigenvalue weighted by atomic mass is 32.2. The summed E-state index contributed by atoms with van der Waals surface area (Å²) >= 11 is 2.02. The number of unbranched alkanes of at least 4 members (excludes halogenated alkanes) is 5. The normalized spacial score (nSPS) is 10.3. The molecule has 18 heavy (non-hydrogen) atoms. The van der Waals surface area contributed by atoms with Crippen molar-refractivity contribution in [2.45, 2.75) is 58.8 Å². The lowest BCUT2D eigenvalue weighted by atomic mass is 10.2. The van der Waals surface area contributed by atoms with Crippen LogP contribution in [-0.4, -0.2) is 24.1 Å². The number of hydrogen-bond acceptors (Lipinski definition) is 3. The molecule has 0 spiro atoms. The molecule has 0 saturated carbocycles. The number of carbonyl (C=O) groups excluding carboxylic acids is 1. The first kappa shape index (κ1) is 17.6. The van der Waals surface area contributed by atoms with Crippen LogP contribution in [0.3, 0.4) is 0 Å². The Morgan fingerprint density at radius 1 is 1.06 bits per heavy atom. The molecule has 2 nitrogen and oxygen atoms in total. The zero-order valence-corrected chi connectivity index (χ0v) is 12.8. The van der Waals surface area contributed by atoms with Gasteiger partial charge in [0.2, 0.25) is 0 Å². The molecule has 0 rings (SSSR count). The molecule has 0 fully saturated rings. The zero-order chi connectivity index (χ0) is 13.6. The van der Waals surface area contributed by atoms with Gasteiger partial charge in [0.05, 0.1) is 6.61 Å². The Kier molecular flexibility index (Phi) is 12.7. The third-order valence-electron chi connectivity index (χ3n) is 2.66. The summed E-state index contributed by atoms with van der Waals surface area (Å²) in [5.74, 6) is 2.19. The summed E-state index contributed by atoms with van der Waals surface area (Å²) < 4.78 is 5.03. The van der Waals surface area contributed by atoms with Crippen molar-refractivity contribution in [3.05, 3.63) is 12.2 Å². The van der Waals surface area contributed by atoms with Crippen molar-refractivity contribution in [3.8, 4) is 0 Å². The van der Waals surface area contributed by atoms with Crippen molar-refractivity contribution in [3.63, 3.8) is 0 Å². The van der Waals surface area contributed by atoms with Crippen LogP contribution >= 0.6 is 11.8 Å². The van der Waals surface area contributed by atoms with Gasteiger partial charge in [-0.3, -0.25) is 0 Å². The molecule has 106 valence electrons. The van der Waals surface area contributed by atoms with E-state index in [1.165, 1.54) is 43.6 Å². The summed E-state index contributed by atoms with van der Waals surface area (Å²) in [6, 6.07) is 0. The maximum absolute atomic E-state index is 11.1. The highest BCUT2D eigenvalue weighted by molar-refractivity contribution is 7.99. The predicted molar refractivity (Wildman–Crippen MR) is 81.1 cm³/mol. The van der Waals surface area contributed by atoms with Gasteiger partial charge in [0.15, 0.2) is 0 Å². The first-order valence-electron chi connectivity index (χ1n) is 7.08. The van der Waals surface area contributed by atoms with Crippen LogP contribution < -0.4 is 0 Å². The van der Waals surface area contributed by atoms with E-state index in [1.54, 1.807) is 6.92 Å². The maximum Gasteiger partial charge on any atom is 0.333 e. The first-order chi connectivity index (χ1) is 8.68. The monoisotopic (exact) mass is 272 g/mol. The fourth-order valence-electron chi connectivity index (χ4n) is 1.50. The lowest BCUT2D eigenvalue weighted by molar-refractivity contribution is -0.139. The topological polar surface area (TPSA) is 26.3 Å². The second-order valence-corrected chi connectivity index (χ2v) is 5.87. The molecule has 0 amide bonds. The molecule has 0 aliphatic rings.